The average Bonchev–Trinajstić information content (AvgIpc) is 2.66. The van der Waals surface area contributed by atoms with Crippen molar-refractivity contribution in [2.24, 2.45) is 4.99 Å². The van der Waals surface area contributed by atoms with Gasteiger partial charge in [0, 0.05) is 6.21 Å². The van der Waals surface area contributed by atoms with Crippen molar-refractivity contribution in [2.45, 2.75) is 6.54 Å². The van der Waals surface area contributed by atoms with Crippen molar-refractivity contribution in [2.75, 3.05) is 0 Å². The first-order valence-electron chi connectivity index (χ1n) is 7.94. The van der Waals surface area contributed by atoms with E-state index >= 15 is 0 Å². The third kappa shape index (κ3) is 3.84. The van der Waals surface area contributed by atoms with E-state index in [1.54, 1.807) is 36.4 Å². The number of aromatic hydroxyl groups is 1. The minimum absolute atomic E-state index is 0.0504. The van der Waals surface area contributed by atoms with Crippen LogP contribution in [0.1, 0.15) is 21.5 Å². The number of benzene rings is 2. The molecule has 1 heterocycles. The van der Waals surface area contributed by atoms with Crippen LogP contribution in [0.4, 0.5) is 5.69 Å². The van der Waals surface area contributed by atoms with E-state index in [0.717, 1.165) is 16.3 Å². The van der Waals surface area contributed by atoms with E-state index in [0.29, 0.717) is 0 Å². The minimum Gasteiger partial charge on any atom is -0.494 e. The van der Waals surface area contributed by atoms with Gasteiger partial charge in [-0.3, -0.25) is 19.3 Å². The number of aliphatic imine (C=N–C) groups is 1. The van der Waals surface area contributed by atoms with Gasteiger partial charge in [0.05, 0.1) is 17.8 Å². The number of aromatic nitrogens is 2. The summed E-state index contributed by atoms with van der Waals surface area (Å²) in [4.78, 5) is 41.5. The van der Waals surface area contributed by atoms with Crippen LogP contribution in [0.2, 0.25) is 0 Å². The molecule has 3 aromatic rings. The Morgan fingerprint density at radius 1 is 1.07 bits per heavy atom. The zero-order chi connectivity index (χ0) is 19.4. The quantitative estimate of drug-likeness (QED) is 0.594. The number of hydrogen-bond acceptors (Lipinski definition) is 5. The van der Waals surface area contributed by atoms with Crippen LogP contribution >= 0.6 is 0 Å². The number of aromatic carboxylic acids is 1. The molecule has 0 atom stereocenters. The summed E-state index contributed by atoms with van der Waals surface area (Å²) in [5, 5.41) is 19.6. The number of rotatable bonds is 5. The molecule has 0 spiro atoms. The van der Waals surface area contributed by atoms with Crippen molar-refractivity contribution in [1.29, 1.82) is 0 Å². The first kappa shape index (κ1) is 17.9. The normalized spacial score (nSPS) is 11.0. The highest BCUT2D eigenvalue weighted by Gasteiger charge is 2.14. The smallest absolute Gasteiger partial charge is 0.337 e. The third-order valence-electron chi connectivity index (χ3n) is 3.86. The second-order valence-corrected chi connectivity index (χ2v) is 5.65. The second-order valence-electron chi connectivity index (χ2n) is 5.65. The Kier molecular flexibility index (Phi) is 4.98. The van der Waals surface area contributed by atoms with E-state index < -0.39 is 23.1 Å². The third-order valence-corrected chi connectivity index (χ3v) is 3.86. The summed E-state index contributed by atoms with van der Waals surface area (Å²) in [6.45, 7) is 0.0504. The van der Waals surface area contributed by atoms with E-state index in [4.69, 9.17) is 0 Å². The van der Waals surface area contributed by atoms with E-state index in [9.17, 15) is 24.6 Å². The highest BCUT2D eigenvalue weighted by Crippen LogP contribution is 2.19. The van der Waals surface area contributed by atoms with E-state index in [2.05, 4.69) is 9.98 Å². The SMILES string of the molecule is O=C(O)c1ccccc1N=Cc1c(O)n(Cc2ccccc2)c(=O)[nH]c1=O. The molecular weight excluding hydrogens is 350 g/mol. The molecule has 0 aliphatic rings. The Morgan fingerprint density at radius 2 is 1.74 bits per heavy atom. The van der Waals surface area contributed by atoms with Gasteiger partial charge in [-0.2, -0.15) is 0 Å². The van der Waals surface area contributed by atoms with Gasteiger partial charge in [0.15, 0.2) is 0 Å². The Bertz CT molecular complexity index is 1130. The number of carbonyl (C=O) groups is 1. The molecule has 0 saturated heterocycles. The summed E-state index contributed by atoms with van der Waals surface area (Å²) in [6.07, 6.45) is 1.04. The van der Waals surface area contributed by atoms with Gasteiger partial charge >= 0.3 is 11.7 Å². The fraction of sp³-hybridized carbons (Fsp3) is 0.0526. The maximum Gasteiger partial charge on any atom is 0.337 e. The van der Waals surface area contributed by atoms with Crippen molar-refractivity contribution >= 4 is 17.9 Å². The molecule has 2 aromatic carbocycles. The fourth-order valence-corrected chi connectivity index (χ4v) is 2.51. The maximum absolute atomic E-state index is 12.1. The lowest BCUT2D eigenvalue weighted by Crippen LogP contribution is -2.32. The summed E-state index contributed by atoms with van der Waals surface area (Å²) in [5.74, 6) is -1.72. The predicted octanol–water partition coefficient (Wildman–Crippen LogP) is 1.74. The topological polar surface area (TPSA) is 125 Å². The Balaban J connectivity index is 2.04. The molecule has 3 rings (SSSR count). The zero-order valence-electron chi connectivity index (χ0n) is 14.0. The second kappa shape index (κ2) is 7.52. The Morgan fingerprint density at radius 3 is 2.44 bits per heavy atom. The van der Waals surface area contributed by atoms with Crippen molar-refractivity contribution in [3.8, 4) is 5.88 Å². The number of carboxylic acids is 1. The standard InChI is InChI=1S/C19H15N3O5/c23-16-14(10-20-15-9-5-4-8-13(15)18(25)26)17(24)22(19(27)21-16)11-12-6-2-1-3-7-12/h1-10,24H,11H2,(H,25,26)(H,21,23,27). The molecule has 0 fully saturated rings. The van der Waals surface area contributed by atoms with E-state index in [1.807, 2.05) is 6.07 Å². The van der Waals surface area contributed by atoms with Gasteiger partial charge in [0.2, 0.25) is 5.88 Å². The van der Waals surface area contributed by atoms with Gasteiger partial charge in [-0.1, -0.05) is 42.5 Å². The lowest BCUT2D eigenvalue weighted by Gasteiger charge is -2.09. The zero-order valence-corrected chi connectivity index (χ0v) is 14.0. The molecule has 0 radical (unpaired) electrons. The van der Waals surface area contributed by atoms with Crippen LogP contribution in [0.3, 0.4) is 0 Å². The number of aromatic amines is 1. The van der Waals surface area contributed by atoms with E-state index in [1.165, 1.54) is 12.1 Å². The highest BCUT2D eigenvalue weighted by molar-refractivity contribution is 5.95. The molecule has 0 bridgehead atoms. The van der Waals surface area contributed by atoms with Crippen LogP contribution in [0.25, 0.3) is 0 Å². The first-order valence-corrected chi connectivity index (χ1v) is 7.94. The van der Waals surface area contributed by atoms with Crippen molar-refractivity contribution in [1.82, 2.24) is 9.55 Å². The van der Waals surface area contributed by atoms with Crippen LogP contribution in [-0.2, 0) is 6.54 Å². The van der Waals surface area contributed by atoms with Gasteiger partial charge < -0.3 is 10.2 Å². The van der Waals surface area contributed by atoms with Crippen LogP contribution in [0, 0.1) is 0 Å². The minimum atomic E-state index is -1.17. The first-order chi connectivity index (χ1) is 13.0. The molecule has 0 aliphatic heterocycles. The lowest BCUT2D eigenvalue weighted by molar-refractivity contribution is 0.0698. The number of carboxylic acid groups (broad SMARTS) is 1. The summed E-state index contributed by atoms with van der Waals surface area (Å²) >= 11 is 0. The van der Waals surface area contributed by atoms with Gasteiger partial charge in [-0.05, 0) is 17.7 Å². The van der Waals surface area contributed by atoms with Crippen molar-refractivity contribution in [3.05, 3.63) is 92.1 Å². The van der Waals surface area contributed by atoms with Crippen molar-refractivity contribution in [3.63, 3.8) is 0 Å². The summed E-state index contributed by atoms with van der Waals surface area (Å²) in [7, 11) is 0. The summed E-state index contributed by atoms with van der Waals surface area (Å²) in [6, 6.07) is 14.9. The van der Waals surface area contributed by atoms with Crippen LogP contribution in [0.15, 0.2) is 69.2 Å². The molecule has 0 unspecified atom stereocenters. The van der Waals surface area contributed by atoms with Gasteiger partial charge in [0.1, 0.15) is 5.56 Å². The molecule has 8 heteroatoms. The van der Waals surface area contributed by atoms with Gasteiger partial charge in [-0.15, -0.1) is 0 Å². The molecule has 8 nitrogen and oxygen atoms in total. The highest BCUT2D eigenvalue weighted by atomic mass is 16.4. The molecule has 3 N–H and O–H groups in total. The fourth-order valence-electron chi connectivity index (χ4n) is 2.51. The lowest BCUT2D eigenvalue weighted by atomic mass is 10.2. The Hall–Kier alpha value is -3.94. The Labute approximate surface area is 152 Å². The van der Waals surface area contributed by atoms with E-state index in [-0.39, 0.29) is 23.4 Å². The van der Waals surface area contributed by atoms with Crippen LogP contribution < -0.4 is 11.2 Å². The molecular formula is C19H15N3O5. The van der Waals surface area contributed by atoms with Gasteiger partial charge in [-0.25, -0.2) is 9.59 Å². The number of nitrogens with zero attached hydrogens (tertiary/aromatic N) is 2. The van der Waals surface area contributed by atoms with Crippen molar-refractivity contribution < 1.29 is 15.0 Å². The largest absolute Gasteiger partial charge is 0.494 e. The molecule has 0 aliphatic carbocycles. The van der Waals surface area contributed by atoms with Crippen LogP contribution in [0.5, 0.6) is 5.88 Å². The molecule has 0 saturated carbocycles. The number of hydrogen-bond donors (Lipinski definition) is 3. The predicted molar refractivity (Wildman–Crippen MR) is 99.2 cm³/mol. The number of nitrogens with one attached hydrogen (secondary N) is 1. The van der Waals surface area contributed by atoms with Crippen LogP contribution in [-0.4, -0.2) is 31.9 Å². The summed E-state index contributed by atoms with van der Waals surface area (Å²) < 4.78 is 1.00. The monoisotopic (exact) mass is 365 g/mol. The maximum atomic E-state index is 12.1. The van der Waals surface area contributed by atoms with Gasteiger partial charge in [0.25, 0.3) is 5.56 Å². The average molecular weight is 365 g/mol. The molecule has 136 valence electrons. The molecule has 0 amide bonds. The number of para-hydroxylation sites is 1. The summed E-state index contributed by atoms with van der Waals surface area (Å²) in [5.41, 5.74) is -1.01. The molecule has 1 aromatic heterocycles. The molecule has 27 heavy (non-hydrogen) atoms. The number of H-pyrrole nitrogens is 1.